The zero-order valence-electron chi connectivity index (χ0n) is 19.1. The summed E-state index contributed by atoms with van der Waals surface area (Å²) in [5, 5.41) is 16.2. The van der Waals surface area contributed by atoms with E-state index in [0.717, 1.165) is 32.4 Å². The fourth-order valence-corrected chi connectivity index (χ4v) is 4.25. The SMILES string of the molecule is N#Cc1cccc(C(=O)Nc2nc3cc(C(=O)N4CCCCC4)cnc3n2CCn2cccn2)c1. The van der Waals surface area contributed by atoms with Gasteiger partial charge in [-0.25, -0.2) is 9.97 Å². The quantitative estimate of drug-likeness (QED) is 0.464. The number of benzene rings is 1. The highest BCUT2D eigenvalue weighted by Gasteiger charge is 2.21. The van der Waals surface area contributed by atoms with Crippen LogP contribution in [-0.4, -0.2) is 54.1 Å². The largest absolute Gasteiger partial charge is 0.339 e. The molecule has 1 aliphatic rings. The molecule has 10 nitrogen and oxygen atoms in total. The lowest BCUT2D eigenvalue weighted by Gasteiger charge is -2.26. The summed E-state index contributed by atoms with van der Waals surface area (Å²) in [5.74, 6) is -0.124. The van der Waals surface area contributed by atoms with Crippen LogP contribution in [0.5, 0.6) is 0 Å². The van der Waals surface area contributed by atoms with E-state index in [0.29, 0.717) is 46.9 Å². The lowest BCUT2D eigenvalue weighted by Crippen LogP contribution is -2.35. The van der Waals surface area contributed by atoms with E-state index < -0.39 is 0 Å². The van der Waals surface area contributed by atoms with Crippen LogP contribution in [0.25, 0.3) is 11.2 Å². The molecule has 5 rings (SSSR count). The summed E-state index contributed by atoms with van der Waals surface area (Å²) in [7, 11) is 0. The molecule has 1 aromatic carbocycles. The Bertz CT molecular complexity index is 1410. The predicted molar refractivity (Wildman–Crippen MR) is 129 cm³/mol. The van der Waals surface area contributed by atoms with Crippen molar-refractivity contribution in [2.45, 2.75) is 32.4 Å². The number of rotatable bonds is 6. The second-order valence-electron chi connectivity index (χ2n) is 8.42. The molecule has 2 amide bonds. The molecule has 3 aromatic heterocycles. The summed E-state index contributed by atoms with van der Waals surface area (Å²) in [6.45, 7) is 2.50. The number of hydrogen-bond donors (Lipinski definition) is 1. The first-order chi connectivity index (χ1) is 17.1. The lowest BCUT2D eigenvalue weighted by atomic mass is 10.1. The number of amides is 2. The standard InChI is InChI=1S/C25H24N8O2/c26-16-18-6-4-7-19(14-18)23(34)30-25-29-21-15-20(24(35)31-9-2-1-3-10-31)17-27-22(21)33(25)13-12-32-11-5-8-28-32/h4-8,11,14-15,17H,1-3,9-10,12-13H2,(H,29,30,34). The second kappa shape index (κ2) is 9.77. The third kappa shape index (κ3) is 4.75. The van der Waals surface area contributed by atoms with Crippen LogP contribution in [0.4, 0.5) is 5.95 Å². The van der Waals surface area contributed by atoms with Gasteiger partial charge in [-0.1, -0.05) is 6.07 Å². The fourth-order valence-electron chi connectivity index (χ4n) is 4.25. The molecule has 1 aliphatic heterocycles. The van der Waals surface area contributed by atoms with Crippen molar-refractivity contribution in [3.05, 3.63) is 71.7 Å². The number of nitriles is 1. The first-order valence-electron chi connectivity index (χ1n) is 11.6. The Kier molecular flexibility index (Phi) is 6.22. The highest BCUT2D eigenvalue weighted by atomic mass is 16.2. The molecule has 0 radical (unpaired) electrons. The number of carbonyl (C=O) groups excluding carboxylic acids is 2. The number of nitrogens with zero attached hydrogens (tertiary/aromatic N) is 7. The molecular weight excluding hydrogens is 444 g/mol. The first kappa shape index (κ1) is 22.3. The minimum Gasteiger partial charge on any atom is -0.339 e. The Morgan fingerprint density at radius 1 is 1.06 bits per heavy atom. The number of carbonyl (C=O) groups is 2. The van der Waals surface area contributed by atoms with Crippen molar-refractivity contribution in [3.63, 3.8) is 0 Å². The number of aromatic nitrogens is 5. The van der Waals surface area contributed by atoms with Gasteiger partial charge in [-0.2, -0.15) is 10.4 Å². The smallest absolute Gasteiger partial charge is 0.258 e. The molecule has 0 saturated carbocycles. The van der Waals surface area contributed by atoms with E-state index in [2.05, 4.69) is 20.4 Å². The zero-order valence-corrected chi connectivity index (χ0v) is 19.1. The minimum atomic E-state index is -0.387. The number of fused-ring (bicyclic) bond motifs is 1. The van der Waals surface area contributed by atoms with Gasteiger partial charge in [0.25, 0.3) is 11.8 Å². The number of pyridine rings is 1. The van der Waals surface area contributed by atoms with Gasteiger partial charge in [0.05, 0.1) is 23.7 Å². The second-order valence-corrected chi connectivity index (χ2v) is 8.42. The molecule has 0 atom stereocenters. The Balaban J connectivity index is 1.47. The lowest BCUT2D eigenvalue weighted by molar-refractivity contribution is 0.0724. The van der Waals surface area contributed by atoms with Crippen molar-refractivity contribution in [1.82, 2.24) is 29.2 Å². The van der Waals surface area contributed by atoms with Crippen molar-refractivity contribution in [3.8, 4) is 6.07 Å². The van der Waals surface area contributed by atoms with Gasteiger partial charge in [0.15, 0.2) is 5.65 Å². The van der Waals surface area contributed by atoms with Gasteiger partial charge in [0.2, 0.25) is 5.95 Å². The van der Waals surface area contributed by atoms with Gasteiger partial charge in [-0.05, 0) is 49.6 Å². The van der Waals surface area contributed by atoms with Crippen molar-refractivity contribution < 1.29 is 9.59 Å². The van der Waals surface area contributed by atoms with Crippen molar-refractivity contribution in [1.29, 1.82) is 5.26 Å². The Hall–Kier alpha value is -4.52. The van der Waals surface area contributed by atoms with Gasteiger partial charge in [-0.15, -0.1) is 0 Å². The Labute approximate surface area is 201 Å². The summed E-state index contributed by atoms with van der Waals surface area (Å²) in [4.78, 5) is 37.0. The number of anilines is 1. The first-order valence-corrected chi connectivity index (χ1v) is 11.6. The Morgan fingerprint density at radius 3 is 2.69 bits per heavy atom. The van der Waals surface area contributed by atoms with Gasteiger partial charge >= 0.3 is 0 Å². The molecule has 0 spiro atoms. The summed E-state index contributed by atoms with van der Waals surface area (Å²) in [6.07, 6.45) is 8.29. The van der Waals surface area contributed by atoms with E-state index in [1.54, 1.807) is 45.9 Å². The van der Waals surface area contributed by atoms with Crippen molar-refractivity contribution in [2.24, 2.45) is 0 Å². The summed E-state index contributed by atoms with van der Waals surface area (Å²) in [6, 6.07) is 12.1. The molecule has 0 aliphatic carbocycles. The third-order valence-corrected chi connectivity index (χ3v) is 6.07. The average Bonchev–Trinajstić information content (AvgIpc) is 3.54. The number of likely N-dealkylation sites (tertiary alicyclic amines) is 1. The van der Waals surface area contributed by atoms with Crippen LogP contribution in [0.3, 0.4) is 0 Å². The molecule has 0 unspecified atom stereocenters. The number of piperidine rings is 1. The number of hydrogen-bond acceptors (Lipinski definition) is 6. The van der Waals surface area contributed by atoms with Gasteiger partial charge in [0.1, 0.15) is 5.52 Å². The van der Waals surface area contributed by atoms with E-state index in [9.17, 15) is 9.59 Å². The molecular formula is C25H24N8O2. The topological polar surface area (TPSA) is 122 Å². The maximum Gasteiger partial charge on any atom is 0.258 e. The summed E-state index contributed by atoms with van der Waals surface area (Å²) in [5.41, 5.74) is 2.31. The minimum absolute atomic E-state index is 0.0518. The maximum atomic E-state index is 13.0. The molecule has 4 heterocycles. The monoisotopic (exact) mass is 468 g/mol. The van der Waals surface area contributed by atoms with Crippen LogP contribution in [0.1, 0.15) is 45.5 Å². The molecule has 1 fully saturated rings. The highest BCUT2D eigenvalue weighted by molar-refractivity contribution is 6.04. The van der Waals surface area contributed by atoms with E-state index >= 15 is 0 Å². The fraction of sp³-hybridized carbons (Fsp3) is 0.280. The van der Waals surface area contributed by atoms with Gasteiger partial charge in [-0.3, -0.25) is 24.2 Å². The molecule has 0 bridgehead atoms. The van der Waals surface area contributed by atoms with E-state index in [4.69, 9.17) is 5.26 Å². The predicted octanol–water partition coefficient (Wildman–Crippen LogP) is 3.08. The van der Waals surface area contributed by atoms with E-state index in [-0.39, 0.29) is 11.8 Å². The van der Waals surface area contributed by atoms with Gasteiger partial charge in [0, 0.05) is 43.8 Å². The molecule has 35 heavy (non-hydrogen) atoms. The average molecular weight is 469 g/mol. The molecule has 176 valence electrons. The zero-order chi connectivity index (χ0) is 24.2. The molecule has 1 N–H and O–H groups in total. The number of nitrogens with one attached hydrogen (secondary N) is 1. The van der Waals surface area contributed by atoms with E-state index in [1.807, 2.05) is 23.2 Å². The maximum absolute atomic E-state index is 13.0. The molecule has 1 saturated heterocycles. The Morgan fingerprint density at radius 2 is 1.91 bits per heavy atom. The van der Waals surface area contributed by atoms with Crippen LogP contribution in [-0.2, 0) is 13.1 Å². The van der Waals surface area contributed by atoms with Crippen LogP contribution >= 0.6 is 0 Å². The van der Waals surface area contributed by atoms with Crippen molar-refractivity contribution in [2.75, 3.05) is 18.4 Å². The highest BCUT2D eigenvalue weighted by Crippen LogP contribution is 2.22. The van der Waals surface area contributed by atoms with Crippen LogP contribution in [0, 0.1) is 11.3 Å². The van der Waals surface area contributed by atoms with Crippen LogP contribution in [0.15, 0.2) is 55.0 Å². The molecule has 10 heteroatoms. The van der Waals surface area contributed by atoms with Crippen LogP contribution < -0.4 is 5.32 Å². The van der Waals surface area contributed by atoms with E-state index in [1.165, 1.54) is 6.07 Å². The van der Waals surface area contributed by atoms with Gasteiger partial charge < -0.3 is 4.90 Å². The summed E-state index contributed by atoms with van der Waals surface area (Å²) < 4.78 is 3.58. The summed E-state index contributed by atoms with van der Waals surface area (Å²) >= 11 is 0. The molecule has 4 aromatic rings. The third-order valence-electron chi connectivity index (χ3n) is 6.07. The number of imidazole rings is 1. The van der Waals surface area contributed by atoms with Crippen molar-refractivity contribution >= 4 is 28.9 Å². The number of aryl methyl sites for hydroxylation is 2. The normalized spacial score (nSPS) is 13.5. The van der Waals surface area contributed by atoms with Crippen LogP contribution in [0.2, 0.25) is 0 Å².